The number of halogens is 1. The van der Waals surface area contributed by atoms with Gasteiger partial charge in [-0.2, -0.15) is 0 Å². The molecule has 2 unspecified atom stereocenters. The van der Waals surface area contributed by atoms with Gasteiger partial charge in [-0.05, 0) is 30.3 Å². The molecule has 1 aliphatic heterocycles. The van der Waals surface area contributed by atoms with E-state index in [2.05, 4.69) is 10.3 Å². The van der Waals surface area contributed by atoms with Crippen LogP contribution >= 0.6 is 0 Å². The number of rotatable bonds is 6. The van der Waals surface area contributed by atoms with E-state index in [1.807, 2.05) is 6.07 Å². The molecule has 2 aromatic rings. The molecule has 0 bridgehead atoms. The maximum absolute atomic E-state index is 13.9. The molecule has 0 radical (unpaired) electrons. The minimum absolute atomic E-state index is 0.0470. The number of hydrogen-bond donors (Lipinski definition) is 1. The average Bonchev–Trinajstić information content (AvgIpc) is 3.07. The lowest BCUT2D eigenvalue weighted by atomic mass is 10.1. The van der Waals surface area contributed by atoms with Gasteiger partial charge in [-0.15, -0.1) is 0 Å². The Morgan fingerprint density at radius 1 is 1.30 bits per heavy atom. The molecule has 1 aromatic heterocycles. The normalized spacial score (nSPS) is 19.0. The van der Waals surface area contributed by atoms with Crippen molar-refractivity contribution in [2.45, 2.75) is 25.1 Å². The zero-order chi connectivity index (χ0) is 19.2. The number of likely N-dealkylation sites (tertiary alicyclic amines) is 1. The molecule has 3 rings (SSSR count). The largest absolute Gasteiger partial charge is 0.497 e. The summed E-state index contributed by atoms with van der Waals surface area (Å²) >= 11 is 0. The van der Waals surface area contributed by atoms with E-state index in [-0.39, 0.29) is 43.8 Å². The Kier molecular flexibility index (Phi) is 6.01. The summed E-state index contributed by atoms with van der Waals surface area (Å²) in [7, 11) is 1.53. The fourth-order valence-electron chi connectivity index (χ4n) is 3.19. The molecule has 2 amide bonds. The molecule has 0 spiro atoms. The van der Waals surface area contributed by atoms with Crippen LogP contribution in [0.25, 0.3) is 0 Å². The number of alkyl halides is 1. The molecular weight excluding hydrogens is 349 g/mol. The highest BCUT2D eigenvalue weighted by Crippen LogP contribution is 2.21. The van der Waals surface area contributed by atoms with E-state index in [0.717, 1.165) is 0 Å². The SMILES string of the molecule is COc1cccc(C(=O)NCC2CC(F)CN2C(=O)Cc2ccccn2)c1. The van der Waals surface area contributed by atoms with Crippen LogP contribution in [0.4, 0.5) is 4.39 Å². The summed E-state index contributed by atoms with van der Waals surface area (Å²) in [5, 5.41) is 2.79. The minimum atomic E-state index is -1.09. The van der Waals surface area contributed by atoms with Gasteiger partial charge in [-0.3, -0.25) is 14.6 Å². The molecule has 1 aliphatic rings. The number of nitrogens with one attached hydrogen (secondary N) is 1. The molecule has 7 heteroatoms. The van der Waals surface area contributed by atoms with E-state index in [4.69, 9.17) is 4.74 Å². The van der Waals surface area contributed by atoms with Crippen molar-refractivity contribution in [2.75, 3.05) is 20.2 Å². The van der Waals surface area contributed by atoms with Gasteiger partial charge in [0, 0.05) is 30.4 Å². The molecule has 1 aromatic carbocycles. The van der Waals surface area contributed by atoms with Crippen molar-refractivity contribution < 1.29 is 18.7 Å². The fourth-order valence-corrected chi connectivity index (χ4v) is 3.19. The second-order valence-corrected chi connectivity index (χ2v) is 6.47. The van der Waals surface area contributed by atoms with Crippen LogP contribution in [0.15, 0.2) is 48.7 Å². The van der Waals surface area contributed by atoms with Crippen molar-refractivity contribution in [2.24, 2.45) is 0 Å². The highest BCUT2D eigenvalue weighted by Gasteiger charge is 2.35. The van der Waals surface area contributed by atoms with Crippen LogP contribution < -0.4 is 10.1 Å². The molecule has 6 nitrogen and oxygen atoms in total. The van der Waals surface area contributed by atoms with Gasteiger partial charge in [-0.25, -0.2) is 4.39 Å². The van der Waals surface area contributed by atoms with Gasteiger partial charge in [0.15, 0.2) is 0 Å². The summed E-state index contributed by atoms with van der Waals surface area (Å²) < 4.78 is 19.0. The third kappa shape index (κ3) is 4.81. The summed E-state index contributed by atoms with van der Waals surface area (Å²) in [5.74, 6) is 0.113. The van der Waals surface area contributed by atoms with Gasteiger partial charge in [0.25, 0.3) is 5.91 Å². The monoisotopic (exact) mass is 371 g/mol. The van der Waals surface area contributed by atoms with Crippen molar-refractivity contribution >= 4 is 11.8 Å². The summed E-state index contributed by atoms with van der Waals surface area (Å²) in [5.41, 5.74) is 1.10. The van der Waals surface area contributed by atoms with Crippen molar-refractivity contribution in [1.82, 2.24) is 15.2 Å². The number of ether oxygens (including phenoxy) is 1. The highest BCUT2D eigenvalue weighted by molar-refractivity contribution is 5.94. The molecule has 142 valence electrons. The second-order valence-electron chi connectivity index (χ2n) is 6.47. The van der Waals surface area contributed by atoms with E-state index < -0.39 is 6.17 Å². The van der Waals surface area contributed by atoms with Gasteiger partial charge >= 0.3 is 0 Å². The van der Waals surface area contributed by atoms with Gasteiger partial charge in [0.2, 0.25) is 5.91 Å². The van der Waals surface area contributed by atoms with Crippen molar-refractivity contribution in [1.29, 1.82) is 0 Å². The molecule has 2 atom stereocenters. The first-order chi connectivity index (χ1) is 13.1. The van der Waals surface area contributed by atoms with Crippen LogP contribution in [0.2, 0.25) is 0 Å². The number of carbonyl (C=O) groups excluding carboxylic acids is 2. The lowest BCUT2D eigenvalue weighted by molar-refractivity contribution is -0.131. The Balaban J connectivity index is 1.60. The number of amides is 2. The zero-order valence-corrected chi connectivity index (χ0v) is 15.1. The third-order valence-electron chi connectivity index (χ3n) is 4.57. The predicted molar refractivity (Wildman–Crippen MR) is 98.3 cm³/mol. The lowest BCUT2D eigenvalue weighted by Crippen LogP contribution is -2.43. The molecule has 0 saturated carbocycles. The fraction of sp³-hybridized carbons (Fsp3) is 0.350. The van der Waals surface area contributed by atoms with Crippen LogP contribution in [-0.4, -0.2) is 54.1 Å². The smallest absolute Gasteiger partial charge is 0.251 e. The zero-order valence-electron chi connectivity index (χ0n) is 15.1. The summed E-state index contributed by atoms with van der Waals surface area (Å²) in [6, 6.07) is 11.8. The molecule has 0 aliphatic carbocycles. The maximum atomic E-state index is 13.9. The van der Waals surface area contributed by atoms with Gasteiger partial charge in [-0.1, -0.05) is 12.1 Å². The molecule has 1 saturated heterocycles. The molecule has 27 heavy (non-hydrogen) atoms. The number of hydrogen-bond acceptors (Lipinski definition) is 4. The van der Waals surface area contributed by atoms with Crippen LogP contribution in [0.3, 0.4) is 0 Å². The number of carbonyl (C=O) groups is 2. The first-order valence-corrected chi connectivity index (χ1v) is 8.82. The number of nitrogens with zero attached hydrogens (tertiary/aromatic N) is 2. The Bertz CT molecular complexity index is 800. The Labute approximate surface area is 157 Å². The van der Waals surface area contributed by atoms with E-state index >= 15 is 0 Å². The predicted octanol–water partition coefficient (Wildman–Crippen LogP) is 2.00. The van der Waals surface area contributed by atoms with E-state index in [0.29, 0.717) is 17.0 Å². The first kappa shape index (κ1) is 18.8. The minimum Gasteiger partial charge on any atom is -0.497 e. The Morgan fingerprint density at radius 3 is 2.89 bits per heavy atom. The second kappa shape index (κ2) is 8.62. The third-order valence-corrected chi connectivity index (χ3v) is 4.57. The Hall–Kier alpha value is -2.96. The quantitative estimate of drug-likeness (QED) is 0.843. The van der Waals surface area contributed by atoms with Crippen LogP contribution in [0.5, 0.6) is 5.75 Å². The van der Waals surface area contributed by atoms with Gasteiger partial charge in [0.05, 0.1) is 26.1 Å². The van der Waals surface area contributed by atoms with Crippen molar-refractivity contribution in [3.05, 3.63) is 59.9 Å². The molecular formula is C20H22FN3O3. The standard InChI is InChI=1S/C20H22FN3O3/c1-27-18-7-4-5-14(9-18)20(26)23-12-17-10-15(21)13-24(17)19(25)11-16-6-2-3-8-22-16/h2-9,15,17H,10-13H2,1H3,(H,23,26). The molecule has 1 N–H and O–H groups in total. The van der Waals surface area contributed by atoms with Crippen molar-refractivity contribution in [3.63, 3.8) is 0 Å². The van der Waals surface area contributed by atoms with Crippen LogP contribution in [-0.2, 0) is 11.2 Å². The summed E-state index contributed by atoms with van der Waals surface area (Å²) in [6.07, 6.45) is 0.868. The topological polar surface area (TPSA) is 71.5 Å². The van der Waals surface area contributed by atoms with Crippen molar-refractivity contribution in [3.8, 4) is 5.75 Å². The number of benzene rings is 1. The van der Waals surface area contributed by atoms with Gasteiger partial charge < -0.3 is 15.0 Å². The lowest BCUT2D eigenvalue weighted by Gasteiger charge is -2.24. The van der Waals surface area contributed by atoms with Crippen LogP contribution in [0.1, 0.15) is 22.5 Å². The van der Waals surface area contributed by atoms with Crippen LogP contribution in [0, 0.1) is 0 Å². The number of pyridine rings is 1. The van der Waals surface area contributed by atoms with E-state index in [9.17, 15) is 14.0 Å². The molecule has 2 heterocycles. The summed E-state index contributed by atoms with van der Waals surface area (Å²) in [4.78, 5) is 30.6. The summed E-state index contributed by atoms with van der Waals surface area (Å²) in [6.45, 7) is 0.246. The average molecular weight is 371 g/mol. The first-order valence-electron chi connectivity index (χ1n) is 8.82. The Morgan fingerprint density at radius 2 is 2.15 bits per heavy atom. The van der Waals surface area contributed by atoms with Gasteiger partial charge in [0.1, 0.15) is 11.9 Å². The van der Waals surface area contributed by atoms with E-state index in [1.54, 1.807) is 42.6 Å². The number of aromatic nitrogens is 1. The maximum Gasteiger partial charge on any atom is 0.251 e. The molecule has 1 fully saturated rings. The number of methoxy groups -OCH3 is 1. The highest BCUT2D eigenvalue weighted by atomic mass is 19.1. The van der Waals surface area contributed by atoms with E-state index in [1.165, 1.54) is 12.0 Å².